The lowest BCUT2D eigenvalue weighted by atomic mass is 9.95. The number of benzene rings is 1. The summed E-state index contributed by atoms with van der Waals surface area (Å²) in [7, 11) is 0. The Kier molecular flexibility index (Phi) is 4.19. The Balaban J connectivity index is 1.46. The number of hydrogen-bond acceptors (Lipinski definition) is 4. The van der Waals surface area contributed by atoms with Gasteiger partial charge < -0.3 is 14.6 Å². The molecule has 1 aromatic carbocycles. The van der Waals surface area contributed by atoms with Gasteiger partial charge in [0, 0.05) is 31.6 Å². The lowest BCUT2D eigenvalue weighted by molar-refractivity contribution is -0.127. The van der Waals surface area contributed by atoms with Crippen molar-refractivity contribution in [3.63, 3.8) is 0 Å². The number of aryl methyl sites for hydroxylation is 1. The van der Waals surface area contributed by atoms with Crippen molar-refractivity contribution in [2.45, 2.75) is 51.5 Å². The van der Waals surface area contributed by atoms with Gasteiger partial charge in [0.05, 0.1) is 5.92 Å². The minimum atomic E-state index is -0.274. The Bertz CT molecular complexity index is 807. The number of fused-ring (bicyclic) bond motifs is 1. The van der Waals surface area contributed by atoms with Crippen LogP contribution >= 0.6 is 0 Å². The number of anilines is 1. The van der Waals surface area contributed by atoms with Crippen LogP contribution in [-0.2, 0) is 9.59 Å². The van der Waals surface area contributed by atoms with Crippen LogP contribution in [0.4, 0.5) is 5.69 Å². The largest absolute Gasteiger partial charge is 0.441 e. The number of amides is 2. The molecule has 1 atom stereocenters. The molecule has 1 aliphatic carbocycles. The summed E-state index contributed by atoms with van der Waals surface area (Å²) < 4.78 is 5.48. The van der Waals surface area contributed by atoms with Crippen molar-refractivity contribution in [2.24, 2.45) is 5.92 Å². The molecule has 4 rings (SSSR count). The molecule has 2 heterocycles. The van der Waals surface area contributed by atoms with Gasteiger partial charge >= 0.3 is 0 Å². The number of carbonyl (C=O) groups is 2. The molecule has 1 unspecified atom stereocenters. The summed E-state index contributed by atoms with van der Waals surface area (Å²) in [6, 6.07) is 5.81. The molecule has 6 nitrogen and oxygen atoms in total. The van der Waals surface area contributed by atoms with Crippen LogP contribution in [0.15, 0.2) is 22.6 Å². The molecule has 132 valence electrons. The average Bonchev–Trinajstić information content (AvgIpc) is 3.16. The van der Waals surface area contributed by atoms with Gasteiger partial charge in [0.25, 0.3) is 0 Å². The first kappa shape index (κ1) is 16.1. The first-order chi connectivity index (χ1) is 12.1. The summed E-state index contributed by atoms with van der Waals surface area (Å²) in [5.74, 6) is 0.332. The van der Waals surface area contributed by atoms with Crippen LogP contribution in [0.25, 0.3) is 11.1 Å². The Labute approximate surface area is 146 Å². The lowest BCUT2D eigenvalue weighted by Gasteiger charge is -2.24. The van der Waals surface area contributed by atoms with Gasteiger partial charge in [-0.25, -0.2) is 4.98 Å². The molecule has 1 saturated heterocycles. The fourth-order valence-corrected chi connectivity index (χ4v) is 3.90. The maximum absolute atomic E-state index is 12.5. The van der Waals surface area contributed by atoms with Crippen molar-refractivity contribution >= 4 is 28.6 Å². The highest BCUT2D eigenvalue weighted by molar-refractivity contribution is 6.01. The van der Waals surface area contributed by atoms with Crippen LogP contribution in [-0.4, -0.2) is 29.4 Å². The van der Waals surface area contributed by atoms with Crippen molar-refractivity contribution < 1.29 is 14.0 Å². The third-order valence-electron chi connectivity index (χ3n) is 5.24. The van der Waals surface area contributed by atoms with E-state index < -0.39 is 0 Å². The second kappa shape index (κ2) is 6.50. The summed E-state index contributed by atoms with van der Waals surface area (Å²) in [6.45, 7) is 2.23. The molecule has 0 radical (unpaired) electrons. The number of nitrogens with one attached hydrogen (secondary N) is 1. The van der Waals surface area contributed by atoms with Gasteiger partial charge in [0.2, 0.25) is 11.8 Å². The summed E-state index contributed by atoms with van der Waals surface area (Å²) in [5, 5.41) is 3.14. The Hall–Kier alpha value is -2.37. The summed E-state index contributed by atoms with van der Waals surface area (Å²) in [5.41, 5.74) is 2.22. The van der Waals surface area contributed by atoms with E-state index in [1.54, 1.807) is 11.8 Å². The highest BCUT2D eigenvalue weighted by atomic mass is 16.3. The van der Waals surface area contributed by atoms with E-state index in [2.05, 4.69) is 10.3 Å². The van der Waals surface area contributed by atoms with Gasteiger partial charge in [-0.05, 0) is 31.0 Å². The van der Waals surface area contributed by atoms with Crippen LogP contribution < -0.4 is 10.2 Å². The highest BCUT2D eigenvalue weighted by Gasteiger charge is 2.36. The molecule has 2 fully saturated rings. The average molecular weight is 341 g/mol. The molecule has 1 aromatic heterocycles. The van der Waals surface area contributed by atoms with Crippen LogP contribution in [0.1, 0.15) is 44.4 Å². The van der Waals surface area contributed by atoms with Gasteiger partial charge in [0.1, 0.15) is 5.52 Å². The monoisotopic (exact) mass is 341 g/mol. The molecule has 0 spiro atoms. The zero-order valence-electron chi connectivity index (χ0n) is 14.5. The lowest BCUT2D eigenvalue weighted by Crippen LogP contribution is -2.40. The number of oxazole rings is 1. The fourth-order valence-electron chi connectivity index (χ4n) is 3.90. The number of nitrogens with zero attached hydrogens (tertiary/aromatic N) is 2. The zero-order chi connectivity index (χ0) is 17.4. The van der Waals surface area contributed by atoms with Gasteiger partial charge in [0.15, 0.2) is 11.5 Å². The molecule has 1 aliphatic heterocycles. The van der Waals surface area contributed by atoms with E-state index in [-0.39, 0.29) is 30.2 Å². The van der Waals surface area contributed by atoms with E-state index in [1.807, 2.05) is 18.2 Å². The van der Waals surface area contributed by atoms with E-state index in [0.29, 0.717) is 18.0 Å². The third-order valence-corrected chi connectivity index (χ3v) is 5.24. The Morgan fingerprint density at radius 3 is 2.88 bits per heavy atom. The van der Waals surface area contributed by atoms with Crippen molar-refractivity contribution in [3.8, 4) is 0 Å². The molecular weight excluding hydrogens is 318 g/mol. The minimum Gasteiger partial charge on any atom is -0.441 e. The molecule has 0 bridgehead atoms. The Morgan fingerprint density at radius 2 is 2.08 bits per heavy atom. The predicted octanol–water partition coefficient (Wildman–Crippen LogP) is 2.94. The smallest absolute Gasteiger partial charge is 0.227 e. The quantitative estimate of drug-likeness (QED) is 0.931. The van der Waals surface area contributed by atoms with E-state index in [0.717, 1.165) is 24.0 Å². The maximum atomic E-state index is 12.5. The molecular formula is C19H23N3O3. The van der Waals surface area contributed by atoms with E-state index in [1.165, 1.54) is 19.3 Å². The standard InChI is InChI=1S/C19H23N3O3/c1-12-20-16-10-15(7-8-17(16)25-12)22-11-13(9-18(22)23)19(24)21-14-5-3-2-4-6-14/h7-8,10,13-14H,2-6,9,11H2,1H3,(H,21,24). The molecule has 1 saturated carbocycles. The number of hydrogen-bond donors (Lipinski definition) is 1. The summed E-state index contributed by atoms with van der Waals surface area (Å²) in [6.07, 6.45) is 5.99. The van der Waals surface area contributed by atoms with Crippen LogP contribution in [0.2, 0.25) is 0 Å². The SMILES string of the molecule is Cc1nc2cc(N3CC(C(=O)NC4CCCCC4)CC3=O)ccc2o1. The van der Waals surface area contributed by atoms with Crippen molar-refractivity contribution in [1.82, 2.24) is 10.3 Å². The number of aromatic nitrogens is 1. The number of carbonyl (C=O) groups excluding carboxylic acids is 2. The molecule has 6 heteroatoms. The molecule has 2 aliphatic rings. The van der Waals surface area contributed by atoms with Gasteiger partial charge in [-0.1, -0.05) is 19.3 Å². The highest BCUT2D eigenvalue weighted by Crippen LogP contribution is 2.29. The number of rotatable bonds is 3. The predicted molar refractivity (Wildman–Crippen MR) is 94.2 cm³/mol. The maximum Gasteiger partial charge on any atom is 0.227 e. The zero-order valence-corrected chi connectivity index (χ0v) is 14.5. The first-order valence-corrected chi connectivity index (χ1v) is 9.08. The van der Waals surface area contributed by atoms with Crippen molar-refractivity contribution in [1.29, 1.82) is 0 Å². The van der Waals surface area contributed by atoms with Crippen LogP contribution in [0.3, 0.4) is 0 Å². The molecule has 25 heavy (non-hydrogen) atoms. The molecule has 1 N–H and O–H groups in total. The van der Waals surface area contributed by atoms with E-state index in [9.17, 15) is 9.59 Å². The second-order valence-corrected chi connectivity index (χ2v) is 7.13. The topological polar surface area (TPSA) is 75.4 Å². The van der Waals surface area contributed by atoms with Crippen LogP contribution in [0.5, 0.6) is 0 Å². The first-order valence-electron chi connectivity index (χ1n) is 9.08. The van der Waals surface area contributed by atoms with Gasteiger partial charge in [-0.2, -0.15) is 0 Å². The van der Waals surface area contributed by atoms with E-state index in [4.69, 9.17) is 4.42 Å². The van der Waals surface area contributed by atoms with Crippen molar-refractivity contribution in [2.75, 3.05) is 11.4 Å². The van der Waals surface area contributed by atoms with Gasteiger partial charge in [-0.15, -0.1) is 0 Å². The van der Waals surface area contributed by atoms with Crippen molar-refractivity contribution in [3.05, 3.63) is 24.1 Å². The fraction of sp³-hybridized carbons (Fsp3) is 0.526. The van der Waals surface area contributed by atoms with Gasteiger partial charge in [-0.3, -0.25) is 9.59 Å². The third kappa shape index (κ3) is 3.25. The summed E-state index contributed by atoms with van der Waals surface area (Å²) in [4.78, 5) is 31.0. The molecule has 2 amide bonds. The summed E-state index contributed by atoms with van der Waals surface area (Å²) >= 11 is 0. The molecule has 2 aromatic rings. The minimum absolute atomic E-state index is 0.0108. The normalized spacial score (nSPS) is 21.9. The van der Waals surface area contributed by atoms with Crippen LogP contribution in [0, 0.1) is 12.8 Å². The second-order valence-electron chi connectivity index (χ2n) is 7.13. The Morgan fingerprint density at radius 1 is 1.28 bits per heavy atom. The van der Waals surface area contributed by atoms with E-state index >= 15 is 0 Å².